The van der Waals surface area contributed by atoms with Crippen LogP contribution in [0.1, 0.15) is 22.1 Å². The minimum absolute atomic E-state index is 0.177. The third-order valence-corrected chi connectivity index (χ3v) is 3.20. The van der Waals surface area contributed by atoms with Crippen molar-refractivity contribution in [1.29, 1.82) is 0 Å². The van der Waals surface area contributed by atoms with Gasteiger partial charge in [0, 0.05) is 5.56 Å². The van der Waals surface area contributed by atoms with Crippen LogP contribution in [0.2, 0.25) is 0 Å². The first-order chi connectivity index (χ1) is 10.6. The first-order valence-corrected chi connectivity index (χ1v) is 6.71. The first-order valence-electron chi connectivity index (χ1n) is 6.71. The Balaban J connectivity index is 1.75. The van der Waals surface area contributed by atoms with Crippen molar-refractivity contribution in [3.63, 3.8) is 0 Å². The zero-order valence-electron chi connectivity index (χ0n) is 11.6. The van der Waals surface area contributed by atoms with E-state index in [4.69, 9.17) is 15.2 Å². The molecule has 2 amide bonds. The molecular formula is C16H14N2O4. The van der Waals surface area contributed by atoms with Gasteiger partial charge in [-0.05, 0) is 36.4 Å². The average molecular weight is 298 g/mol. The predicted molar refractivity (Wildman–Crippen MR) is 78.4 cm³/mol. The van der Waals surface area contributed by atoms with Gasteiger partial charge in [0.15, 0.2) is 12.8 Å². The number of amides is 2. The average Bonchev–Trinajstić information content (AvgIpc) is 2.53. The van der Waals surface area contributed by atoms with Crippen LogP contribution in [0.15, 0.2) is 48.5 Å². The van der Waals surface area contributed by atoms with Gasteiger partial charge < -0.3 is 20.5 Å². The molecule has 1 aliphatic rings. The number of ether oxygens (including phenoxy) is 2. The highest BCUT2D eigenvalue weighted by molar-refractivity contribution is 5.97. The molecule has 0 aromatic heterocycles. The quantitative estimate of drug-likeness (QED) is 0.892. The van der Waals surface area contributed by atoms with Gasteiger partial charge in [-0.3, -0.25) is 9.59 Å². The van der Waals surface area contributed by atoms with Crippen molar-refractivity contribution in [3.05, 3.63) is 59.7 Å². The fraction of sp³-hybridized carbons (Fsp3) is 0.125. The lowest BCUT2D eigenvalue weighted by Crippen LogP contribution is -2.36. The number of carbonyl (C=O) groups excluding carboxylic acids is 2. The van der Waals surface area contributed by atoms with E-state index in [1.807, 2.05) is 6.07 Å². The summed E-state index contributed by atoms with van der Waals surface area (Å²) in [5.41, 5.74) is 6.30. The topological polar surface area (TPSA) is 90.7 Å². The van der Waals surface area contributed by atoms with Crippen LogP contribution < -0.4 is 20.5 Å². The number of hydrogen-bond acceptors (Lipinski definition) is 4. The smallest absolute Gasteiger partial charge is 0.258 e. The van der Waals surface area contributed by atoms with Gasteiger partial charge in [0.1, 0.15) is 11.5 Å². The fourth-order valence-electron chi connectivity index (χ4n) is 2.15. The molecule has 1 atom stereocenters. The first kappa shape index (κ1) is 13.9. The number of primary amides is 1. The second-order valence-corrected chi connectivity index (χ2v) is 4.79. The largest absolute Gasteiger partial charge is 0.484 e. The maximum Gasteiger partial charge on any atom is 0.258 e. The molecule has 0 unspecified atom stereocenters. The summed E-state index contributed by atoms with van der Waals surface area (Å²) in [5, 5.41) is 2.78. The van der Waals surface area contributed by atoms with E-state index < -0.39 is 12.1 Å². The van der Waals surface area contributed by atoms with E-state index >= 15 is 0 Å². The Morgan fingerprint density at radius 3 is 2.64 bits per heavy atom. The zero-order valence-corrected chi connectivity index (χ0v) is 11.6. The lowest BCUT2D eigenvalue weighted by Gasteiger charge is -2.27. The Morgan fingerprint density at radius 2 is 1.91 bits per heavy atom. The summed E-state index contributed by atoms with van der Waals surface area (Å²) in [4.78, 5) is 22.7. The van der Waals surface area contributed by atoms with Crippen LogP contribution in [0.3, 0.4) is 0 Å². The van der Waals surface area contributed by atoms with Gasteiger partial charge in [-0.2, -0.15) is 0 Å². The summed E-state index contributed by atoms with van der Waals surface area (Å²) >= 11 is 0. The van der Waals surface area contributed by atoms with Gasteiger partial charge in [0.2, 0.25) is 0 Å². The Bertz CT molecular complexity index is 712. The van der Waals surface area contributed by atoms with Crippen molar-refractivity contribution in [2.24, 2.45) is 5.73 Å². The van der Waals surface area contributed by atoms with Crippen LogP contribution >= 0.6 is 0 Å². The minimum atomic E-state index is -0.562. The van der Waals surface area contributed by atoms with E-state index in [0.717, 1.165) is 5.56 Å². The predicted octanol–water partition coefficient (Wildman–Crippen LogP) is 1.37. The van der Waals surface area contributed by atoms with Gasteiger partial charge >= 0.3 is 0 Å². The van der Waals surface area contributed by atoms with Crippen LogP contribution in [-0.2, 0) is 4.79 Å². The van der Waals surface area contributed by atoms with Gasteiger partial charge in [0.05, 0.1) is 5.56 Å². The molecule has 2 aromatic carbocycles. The second-order valence-electron chi connectivity index (χ2n) is 4.79. The number of fused-ring (bicyclic) bond motifs is 1. The maximum absolute atomic E-state index is 12.0. The minimum Gasteiger partial charge on any atom is -0.484 e. The summed E-state index contributed by atoms with van der Waals surface area (Å²) in [7, 11) is 0. The zero-order chi connectivity index (χ0) is 15.5. The highest BCUT2D eigenvalue weighted by Gasteiger charge is 2.26. The van der Waals surface area contributed by atoms with E-state index in [2.05, 4.69) is 5.32 Å². The standard InChI is InChI=1S/C16H14N2O4/c17-14(19)9-21-11-7-5-10(6-8-11)16-18-15(20)12-3-1-2-4-13(12)22-16/h1-8,16H,9H2,(H2,17,19)(H,18,20)/t16-/m0/s1. The molecule has 112 valence electrons. The van der Waals surface area contributed by atoms with E-state index in [1.165, 1.54) is 0 Å². The highest BCUT2D eigenvalue weighted by Crippen LogP contribution is 2.29. The molecule has 0 fully saturated rings. The summed E-state index contributed by atoms with van der Waals surface area (Å²) in [6.45, 7) is -0.177. The lowest BCUT2D eigenvalue weighted by atomic mass is 10.1. The Hall–Kier alpha value is -3.02. The molecule has 1 heterocycles. The van der Waals surface area contributed by atoms with Crippen LogP contribution in [0.4, 0.5) is 0 Å². The van der Waals surface area contributed by atoms with Crippen LogP contribution in [0, 0.1) is 0 Å². The molecule has 1 aliphatic heterocycles. The number of hydrogen-bond donors (Lipinski definition) is 2. The maximum atomic E-state index is 12.0. The van der Waals surface area contributed by atoms with Gasteiger partial charge in [-0.15, -0.1) is 0 Å². The number of nitrogens with two attached hydrogens (primary N) is 1. The monoisotopic (exact) mass is 298 g/mol. The molecule has 3 rings (SSSR count). The molecule has 3 N–H and O–H groups in total. The Labute approximate surface area is 126 Å². The van der Waals surface area contributed by atoms with Gasteiger partial charge in [-0.1, -0.05) is 12.1 Å². The summed E-state index contributed by atoms with van der Waals surface area (Å²) in [5.74, 6) is 0.347. The summed E-state index contributed by atoms with van der Waals surface area (Å²) in [6, 6.07) is 14.0. The number of rotatable bonds is 4. The highest BCUT2D eigenvalue weighted by atomic mass is 16.5. The van der Waals surface area contributed by atoms with E-state index in [9.17, 15) is 9.59 Å². The Morgan fingerprint density at radius 1 is 1.18 bits per heavy atom. The number of para-hydroxylation sites is 1. The Kier molecular flexibility index (Phi) is 3.65. The molecule has 0 spiro atoms. The summed E-state index contributed by atoms with van der Waals surface area (Å²) in [6.07, 6.45) is -0.562. The van der Waals surface area contributed by atoms with Crippen molar-refractivity contribution >= 4 is 11.8 Å². The molecule has 0 aliphatic carbocycles. The van der Waals surface area contributed by atoms with Crippen molar-refractivity contribution < 1.29 is 19.1 Å². The fourth-order valence-corrected chi connectivity index (χ4v) is 2.15. The van der Waals surface area contributed by atoms with Crippen molar-refractivity contribution in [1.82, 2.24) is 5.32 Å². The molecule has 0 radical (unpaired) electrons. The van der Waals surface area contributed by atoms with Crippen molar-refractivity contribution in [2.75, 3.05) is 6.61 Å². The number of benzene rings is 2. The van der Waals surface area contributed by atoms with Crippen LogP contribution in [0.25, 0.3) is 0 Å². The number of nitrogens with one attached hydrogen (secondary N) is 1. The third kappa shape index (κ3) is 2.85. The molecule has 6 heteroatoms. The van der Waals surface area contributed by atoms with E-state index in [-0.39, 0.29) is 12.5 Å². The van der Waals surface area contributed by atoms with Crippen LogP contribution in [0.5, 0.6) is 11.5 Å². The SMILES string of the molecule is NC(=O)COc1ccc([C@H]2NC(=O)c3ccccc3O2)cc1. The summed E-state index contributed by atoms with van der Waals surface area (Å²) < 4.78 is 11.0. The normalized spacial score (nSPS) is 16.2. The van der Waals surface area contributed by atoms with E-state index in [1.54, 1.807) is 42.5 Å². The van der Waals surface area contributed by atoms with Crippen molar-refractivity contribution in [2.45, 2.75) is 6.23 Å². The molecule has 0 saturated heterocycles. The molecule has 2 aromatic rings. The molecule has 0 bridgehead atoms. The molecule has 6 nitrogen and oxygen atoms in total. The van der Waals surface area contributed by atoms with E-state index in [0.29, 0.717) is 17.1 Å². The lowest BCUT2D eigenvalue weighted by molar-refractivity contribution is -0.119. The van der Waals surface area contributed by atoms with Crippen molar-refractivity contribution in [3.8, 4) is 11.5 Å². The number of carbonyl (C=O) groups is 2. The van der Waals surface area contributed by atoms with Gasteiger partial charge in [0.25, 0.3) is 11.8 Å². The molecular weight excluding hydrogens is 284 g/mol. The van der Waals surface area contributed by atoms with Crippen LogP contribution in [-0.4, -0.2) is 18.4 Å². The van der Waals surface area contributed by atoms with Gasteiger partial charge in [-0.25, -0.2) is 0 Å². The molecule has 0 saturated carbocycles. The second kappa shape index (κ2) is 5.77. The third-order valence-electron chi connectivity index (χ3n) is 3.20. The molecule has 22 heavy (non-hydrogen) atoms.